The molecule has 0 saturated heterocycles. The molecule has 1 spiro atoms. The number of benzene rings is 3. The van der Waals surface area contributed by atoms with Gasteiger partial charge in [0.15, 0.2) is 0 Å². The van der Waals surface area contributed by atoms with Gasteiger partial charge in [-0.3, -0.25) is 0 Å². The molecule has 0 bridgehead atoms. The highest BCUT2D eigenvalue weighted by molar-refractivity contribution is 5.93. The molecule has 0 fully saturated rings. The van der Waals surface area contributed by atoms with Crippen LogP contribution in [0.2, 0.25) is 0 Å². The highest BCUT2D eigenvalue weighted by atomic mass is 16.2. The molecular weight excluding hydrogens is 474 g/mol. The maximum atomic E-state index is 10.7. The van der Waals surface area contributed by atoms with Gasteiger partial charge < -0.3 is 10.8 Å². The number of fused-ring (bicyclic) bond motifs is 4. The second-order valence-electron chi connectivity index (χ2n) is 10.5. The van der Waals surface area contributed by atoms with Crippen molar-refractivity contribution in [2.75, 3.05) is 0 Å². The summed E-state index contributed by atoms with van der Waals surface area (Å²) in [4.78, 5) is 0. The lowest BCUT2D eigenvalue weighted by atomic mass is 9.66. The smallest absolute Gasteiger partial charge is 0.0894 e. The van der Waals surface area contributed by atoms with Crippen LogP contribution < -0.4 is 5.73 Å². The summed E-state index contributed by atoms with van der Waals surface area (Å²) < 4.78 is 0. The van der Waals surface area contributed by atoms with Crippen LogP contribution in [0.25, 0.3) is 22.8 Å². The molecule has 0 heterocycles. The van der Waals surface area contributed by atoms with Crippen molar-refractivity contribution in [1.29, 1.82) is 0 Å². The van der Waals surface area contributed by atoms with E-state index in [1.165, 1.54) is 28.5 Å². The van der Waals surface area contributed by atoms with Gasteiger partial charge >= 0.3 is 0 Å². The molecule has 1 atom stereocenters. The molecule has 0 radical (unpaired) electrons. The quantitative estimate of drug-likeness (QED) is 0.348. The van der Waals surface area contributed by atoms with E-state index in [4.69, 9.17) is 5.73 Å². The summed E-state index contributed by atoms with van der Waals surface area (Å²) in [5.74, 6) is 0. The Hall–Kier alpha value is -4.56. The standard InChI is InChI=1S/C37H33NO/c1-3-10-33-32-20-19-30(29-16-9-15-28(22-29)27-14-8-11-25(2)21-27)23-35(32)37(36(33)38)31(24-39)17-6-4-12-26-13-5-7-18-34(26)37/h3-8,10-14,16-24,39H,9,15,38H2,1-2H3/b10-3-,12-4-,17-6-,31-24-. The molecule has 0 saturated carbocycles. The second kappa shape index (κ2) is 9.96. The van der Waals surface area contributed by atoms with Crippen molar-refractivity contribution in [2.24, 2.45) is 5.73 Å². The predicted molar refractivity (Wildman–Crippen MR) is 165 cm³/mol. The zero-order valence-electron chi connectivity index (χ0n) is 22.5. The number of rotatable bonds is 3. The topological polar surface area (TPSA) is 46.2 Å². The van der Waals surface area contributed by atoms with Crippen molar-refractivity contribution in [3.8, 4) is 0 Å². The minimum absolute atomic E-state index is 0.731. The largest absolute Gasteiger partial charge is 0.515 e. The summed E-state index contributed by atoms with van der Waals surface area (Å²) >= 11 is 0. The first-order chi connectivity index (χ1) is 19.1. The van der Waals surface area contributed by atoms with Crippen molar-refractivity contribution in [3.05, 3.63) is 166 Å². The molecule has 1 unspecified atom stereocenters. The van der Waals surface area contributed by atoms with E-state index in [0.29, 0.717) is 0 Å². The Labute approximate surface area is 231 Å². The SMILES string of the molecule is C/C=C\C1=C(N)C2(C(=C\O)/C=C\C=C/c3ccccc32)c2cc(C3=CCCC(c4cccc(C)c4)=C3)ccc21. The summed E-state index contributed by atoms with van der Waals surface area (Å²) in [5.41, 5.74) is 19.5. The molecule has 6 rings (SSSR count). The number of aliphatic hydroxyl groups excluding tert-OH is 1. The van der Waals surface area contributed by atoms with E-state index in [-0.39, 0.29) is 0 Å². The van der Waals surface area contributed by atoms with E-state index >= 15 is 0 Å². The van der Waals surface area contributed by atoms with Gasteiger partial charge in [-0.05, 0) is 77.3 Å². The molecule has 3 aliphatic rings. The van der Waals surface area contributed by atoms with Crippen LogP contribution in [0.1, 0.15) is 58.7 Å². The number of hydrogen-bond donors (Lipinski definition) is 2. The zero-order chi connectivity index (χ0) is 27.0. The lowest BCUT2D eigenvalue weighted by molar-refractivity contribution is 0.460. The lowest BCUT2D eigenvalue weighted by Crippen LogP contribution is -2.35. The molecule has 3 aromatic carbocycles. The monoisotopic (exact) mass is 507 g/mol. The van der Waals surface area contributed by atoms with E-state index in [0.717, 1.165) is 57.5 Å². The second-order valence-corrected chi connectivity index (χ2v) is 10.5. The van der Waals surface area contributed by atoms with Gasteiger partial charge in [-0.2, -0.15) is 0 Å². The highest BCUT2D eigenvalue weighted by Crippen LogP contribution is 2.55. The Bertz CT molecular complexity index is 1690. The highest BCUT2D eigenvalue weighted by Gasteiger charge is 2.48. The van der Waals surface area contributed by atoms with Gasteiger partial charge in [0.05, 0.1) is 11.7 Å². The number of hydrogen-bond acceptors (Lipinski definition) is 2. The first kappa shape index (κ1) is 24.8. The third-order valence-corrected chi connectivity index (χ3v) is 8.17. The third kappa shape index (κ3) is 3.95. The first-order valence-electron chi connectivity index (χ1n) is 13.6. The average molecular weight is 508 g/mol. The van der Waals surface area contributed by atoms with Crippen molar-refractivity contribution < 1.29 is 5.11 Å². The van der Waals surface area contributed by atoms with Crippen molar-refractivity contribution in [3.63, 3.8) is 0 Å². The van der Waals surface area contributed by atoms with Gasteiger partial charge in [-0.15, -0.1) is 0 Å². The molecule has 3 N–H and O–H groups in total. The molecular formula is C37H33NO. The predicted octanol–water partition coefficient (Wildman–Crippen LogP) is 8.83. The molecule has 0 amide bonds. The normalized spacial score (nSPS) is 22.8. The van der Waals surface area contributed by atoms with Gasteiger partial charge in [0.1, 0.15) is 0 Å². The molecule has 39 heavy (non-hydrogen) atoms. The minimum atomic E-state index is -0.814. The molecule has 2 nitrogen and oxygen atoms in total. The van der Waals surface area contributed by atoms with Gasteiger partial charge in [0.25, 0.3) is 0 Å². The molecule has 3 aromatic rings. The van der Waals surface area contributed by atoms with E-state index in [9.17, 15) is 5.11 Å². The van der Waals surface area contributed by atoms with E-state index < -0.39 is 5.41 Å². The fourth-order valence-corrected chi connectivity index (χ4v) is 6.41. The fraction of sp³-hybridized carbons (Fsp3) is 0.135. The lowest BCUT2D eigenvalue weighted by Gasteiger charge is -2.36. The van der Waals surface area contributed by atoms with Crippen LogP contribution in [-0.4, -0.2) is 5.11 Å². The Morgan fingerprint density at radius 1 is 0.897 bits per heavy atom. The van der Waals surface area contributed by atoms with E-state index in [1.54, 1.807) is 0 Å². The van der Waals surface area contributed by atoms with Crippen LogP contribution in [0.5, 0.6) is 0 Å². The van der Waals surface area contributed by atoms with Crippen molar-refractivity contribution in [1.82, 2.24) is 0 Å². The van der Waals surface area contributed by atoms with Crippen LogP contribution in [0.4, 0.5) is 0 Å². The third-order valence-electron chi connectivity index (χ3n) is 8.17. The average Bonchev–Trinajstić information content (AvgIpc) is 3.20. The molecule has 2 heteroatoms. The van der Waals surface area contributed by atoms with Crippen LogP contribution >= 0.6 is 0 Å². The Balaban J connectivity index is 1.60. The summed E-state index contributed by atoms with van der Waals surface area (Å²) in [6.45, 7) is 4.16. The molecule has 0 aromatic heterocycles. The summed E-state index contributed by atoms with van der Waals surface area (Å²) in [6.07, 6.45) is 20.1. The van der Waals surface area contributed by atoms with E-state index in [1.807, 2.05) is 37.3 Å². The Morgan fingerprint density at radius 3 is 2.56 bits per heavy atom. The van der Waals surface area contributed by atoms with Crippen LogP contribution in [0, 0.1) is 6.92 Å². The van der Waals surface area contributed by atoms with Gasteiger partial charge in [0.2, 0.25) is 0 Å². The zero-order valence-corrected chi connectivity index (χ0v) is 22.5. The Kier molecular flexibility index (Phi) is 6.32. The summed E-state index contributed by atoms with van der Waals surface area (Å²) in [7, 11) is 0. The van der Waals surface area contributed by atoms with Crippen LogP contribution in [0.3, 0.4) is 0 Å². The van der Waals surface area contributed by atoms with Gasteiger partial charge in [0, 0.05) is 16.8 Å². The number of aliphatic hydroxyl groups is 1. The van der Waals surface area contributed by atoms with Crippen LogP contribution in [0.15, 0.2) is 127 Å². The summed E-state index contributed by atoms with van der Waals surface area (Å²) in [5, 5.41) is 10.7. The molecule has 0 aliphatic heterocycles. The van der Waals surface area contributed by atoms with E-state index in [2.05, 4.69) is 91.9 Å². The minimum Gasteiger partial charge on any atom is -0.515 e. The molecule has 192 valence electrons. The maximum absolute atomic E-state index is 10.7. The van der Waals surface area contributed by atoms with Crippen LogP contribution in [-0.2, 0) is 5.41 Å². The maximum Gasteiger partial charge on any atom is 0.0894 e. The molecule has 3 aliphatic carbocycles. The summed E-state index contributed by atoms with van der Waals surface area (Å²) in [6, 6.07) is 23.8. The number of nitrogens with two attached hydrogens (primary N) is 1. The van der Waals surface area contributed by atoms with Gasteiger partial charge in [-0.1, -0.05) is 115 Å². The first-order valence-corrected chi connectivity index (χ1v) is 13.6. The Morgan fingerprint density at radius 2 is 1.74 bits per heavy atom. The fourth-order valence-electron chi connectivity index (χ4n) is 6.41. The van der Waals surface area contributed by atoms with Crippen molar-refractivity contribution in [2.45, 2.75) is 32.1 Å². The number of aryl methyl sites for hydroxylation is 1. The van der Waals surface area contributed by atoms with Gasteiger partial charge in [-0.25, -0.2) is 0 Å². The van der Waals surface area contributed by atoms with Crippen molar-refractivity contribution >= 4 is 22.8 Å². The number of allylic oxidation sites excluding steroid dienone is 11.